The first-order chi connectivity index (χ1) is 9.43. The second-order valence-electron chi connectivity index (χ2n) is 4.11. The third kappa shape index (κ3) is 2.65. The van der Waals surface area contributed by atoms with Gasteiger partial charge in [0.2, 0.25) is 0 Å². The first-order valence-corrected chi connectivity index (χ1v) is 5.99. The van der Waals surface area contributed by atoms with Crippen LogP contribution >= 0.6 is 0 Å². The monoisotopic (exact) mass is 250 g/mol. The van der Waals surface area contributed by atoms with Crippen molar-refractivity contribution in [3.63, 3.8) is 0 Å². The van der Waals surface area contributed by atoms with Gasteiger partial charge in [0.15, 0.2) is 5.82 Å². The Morgan fingerprint density at radius 2 is 2.05 bits per heavy atom. The molecule has 0 saturated heterocycles. The number of nitrogens with zero attached hydrogens (tertiary/aromatic N) is 4. The summed E-state index contributed by atoms with van der Waals surface area (Å²) in [5.74, 6) is 0.679. The fraction of sp³-hybridized carbons (Fsp3) is 0.0714. The van der Waals surface area contributed by atoms with Crippen molar-refractivity contribution in [1.29, 1.82) is 0 Å². The van der Waals surface area contributed by atoms with Crippen molar-refractivity contribution < 1.29 is 0 Å². The number of hydrogen-bond donors (Lipinski definition) is 1. The number of aromatic amines is 1. The Kier molecular flexibility index (Phi) is 3.27. The van der Waals surface area contributed by atoms with Crippen LogP contribution in [0, 0.1) is 6.42 Å². The highest BCUT2D eigenvalue weighted by Gasteiger charge is 2.08. The van der Waals surface area contributed by atoms with Crippen LogP contribution in [0.2, 0.25) is 0 Å². The van der Waals surface area contributed by atoms with E-state index in [2.05, 4.69) is 38.1 Å². The van der Waals surface area contributed by atoms with Crippen LogP contribution in [0.4, 0.5) is 0 Å². The molecule has 1 aromatic carbocycles. The first-order valence-electron chi connectivity index (χ1n) is 5.99. The van der Waals surface area contributed by atoms with Crippen LogP contribution in [0.5, 0.6) is 0 Å². The quantitative estimate of drug-likeness (QED) is 0.769. The van der Waals surface area contributed by atoms with Crippen molar-refractivity contribution in [2.45, 2.75) is 6.42 Å². The van der Waals surface area contributed by atoms with E-state index < -0.39 is 0 Å². The van der Waals surface area contributed by atoms with E-state index in [0.717, 1.165) is 17.5 Å². The van der Waals surface area contributed by atoms with E-state index >= 15 is 0 Å². The zero-order valence-corrected chi connectivity index (χ0v) is 10.2. The number of H-pyrrole nitrogens is 1. The van der Waals surface area contributed by atoms with Crippen LogP contribution in [0.3, 0.4) is 0 Å². The van der Waals surface area contributed by atoms with E-state index in [1.165, 1.54) is 5.56 Å². The Morgan fingerprint density at radius 1 is 1.11 bits per heavy atom. The van der Waals surface area contributed by atoms with Gasteiger partial charge in [-0.2, -0.15) is 0 Å². The van der Waals surface area contributed by atoms with E-state index in [4.69, 9.17) is 0 Å². The second kappa shape index (κ2) is 5.39. The zero-order chi connectivity index (χ0) is 12.9. The lowest BCUT2D eigenvalue weighted by Crippen LogP contribution is -1.93. The Bertz CT molecular complexity index is 634. The summed E-state index contributed by atoms with van der Waals surface area (Å²) >= 11 is 0. The maximum absolute atomic E-state index is 4.11. The largest absolute Gasteiger partial charge is 0.264 e. The van der Waals surface area contributed by atoms with E-state index in [0.29, 0.717) is 5.82 Å². The summed E-state index contributed by atoms with van der Waals surface area (Å²) in [6, 6.07) is 12.0. The third-order valence-electron chi connectivity index (χ3n) is 2.84. The average Bonchev–Trinajstić information content (AvgIpc) is 3.01. The summed E-state index contributed by atoms with van der Waals surface area (Å²) in [6.45, 7) is 0. The van der Waals surface area contributed by atoms with Crippen molar-refractivity contribution in [3.05, 3.63) is 66.3 Å². The molecular formula is C14H12N5. The highest BCUT2D eigenvalue weighted by atomic mass is 15.5. The summed E-state index contributed by atoms with van der Waals surface area (Å²) in [5, 5.41) is 14.0. The number of rotatable bonds is 4. The van der Waals surface area contributed by atoms with E-state index in [1.807, 2.05) is 36.5 Å². The molecule has 0 aliphatic rings. The molecule has 93 valence electrons. The van der Waals surface area contributed by atoms with Gasteiger partial charge in [-0.25, -0.2) is 5.10 Å². The van der Waals surface area contributed by atoms with Crippen LogP contribution in [0.25, 0.3) is 11.4 Å². The predicted octanol–water partition coefficient (Wildman–Crippen LogP) is 2.06. The molecule has 0 atom stereocenters. The van der Waals surface area contributed by atoms with Crippen molar-refractivity contribution in [2.75, 3.05) is 0 Å². The predicted molar refractivity (Wildman–Crippen MR) is 71.0 cm³/mol. The smallest absolute Gasteiger partial charge is 0.179 e. The minimum absolute atomic E-state index is 0.679. The lowest BCUT2D eigenvalue weighted by molar-refractivity contribution is 0.881. The summed E-state index contributed by atoms with van der Waals surface area (Å²) in [4.78, 5) is 4.11. The maximum atomic E-state index is 4.11. The van der Waals surface area contributed by atoms with E-state index in [1.54, 1.807) is 6.20 Å². The SMILES string of the molecule is [CH](Cc1cccnc1)c1ccccc1-c1nnn[nH]1. The van der Waals surface area contributed by atoms with Crippen molar-refractivity contribution >= 4 is 0 Å². The normalized spacial score (nSPS) is 10.5. The van der Waals surface area contributed by atoms with Gasteiger partial charge in [0.25, 0.3) is 0 Å². The number of nitrogens with one attached hydrogen (secondary N) is 1. The molecule has 0 aliphatic heterocycles. The number of hydrogen-bond acceptors (Lipinski definition) is 4. The molecule has 0 bridgehead atoms. The molecule has 0 unspecified atom stereocenters. The number of pyridine rings is 1. The Labute approximate surface area is 110 Å². The molecule has 2 aromatic heterocycles. The fourth-order valence-corrected chi connectivity index (χ4v) is 1.91. The standard InChI is InChI=1S/C14H12N5/c1-2-6-13(14-16-18-19-17-14)12(5-1)8-7-11-4-3-9-15-10-11/h1-6,8-10H,7H2,(H,16,17,18,19). The molecule has 1 radical (unpaired) electrons. The van der Waals surface area contributed by atoms with Crippen molar-refractivity contribution in [2.24, 2.45) is 0 Å². The van der Waals surface area contributed by atoms with Crippen LogP contribution in [-0.2, 0) is 6.42 Å². The highest BCUT2D eigenvalue weighted by molar-refractivity contribution is 5.61. The lowest BCUT2D eigenvalue weighted by atomic mass is 10.0. The first kappa shape index (κ1) is 11.5. The van der Waals surface area contributed by atoms with Crippen LogP contribution in [-0.4, -0.2) is 25.6 Å². The van der Waals surface area contributed by atoms with Crippen molar-refractivity contribution in [1.82, 2.24) is 25.6 Å². The van der Waals surface area contributed by atoms with Gasteiger partial charge in [0.05, 0.1) is 0 Å². The van der Waals surface area contributed by atoms with Gasteiger partial charge in [0, 0.05) is 18.0 Å². The Hall–Kier alpha value is -2.56. The molecular weight excluding hydrogens is 238 g/mol. The molecule has 0 spiro atoms. The van der Waals surface area contributed by atoms with Gasteiger partial charge in [-0.15, -0.1) is 5.10 Å². The average molecular weight is 250 g/mol. The summed E-state index contributed by atoms with van der Waals surface area (Å²) < 4.78 is 0. The fourth-order valence-electron chi connectivity index (χ4n) is 1.91. The molecule has 19 heavy (non-hydrogen) atoms. The van der Waals surface area contributed by atoms with Gasteiger partial charge in [-0.05, 0) is 40.5 Å². The lowest BCUT2D eigenvalue weighted by Gasteiger charge is -2.06. The molecule has 0 aliphatic carbocycles. The third-order valence-corrected chi connectivity index (χ3v) is 2.84. The van der Waals surface area contributed by atoms with E-state index in [-0.39, 0.29) is 0 Å². The second-order valence-corrected chi connectivity index (χ2v) is 4.11. The molecule has 0 saturated carbocycles. The summed E-state index contributed by atoms with van der Waals surface area (Å²) in [5.41, 5.74) is 3.27. The molecule has 0 fully saturated rings. The summed E-state index contributed by atoms with van der Waals surface area (Å²) in [7, 11) is 0. The molecule has 5 heteroatoms. The van der Waals surface area contributed by atoms with Crippen LogP contribution < -0.4 is 0 Å². The van der Waals surface area contributed by atoms with Gasteiger partial charge in [0.1, 0.15) is 0 Å². The molecule has 0 amide bonds. The minimum atomic E-state index is 0.679. The topological polar surface area (TPSA) is 67.3 Å². The van der Waals surface area contributed by atoms with Gasteiger partial charge < -0.3 is 0 Å². The zero-order valence-electron chi connectivity index (χ0n) is 10.2. The Balaban J connectivity index is 1.82. The minimum Gasteiger partial charge on any atom is -0.264 e. The molecule has 3 rings (SSSR count). The van der Waals surface area contributed by atoms with E-state index in [9.17, 15) is 0 Å². The molecule has 1 N–H and O–H groups in total. The molecule has 3 aromatic rings. The van der Waals surface area contributed by atoms with Crippen LogP contribution in [0.15, 0.2) is 48.8 Å². The van der Waals surface area contributed by atoms with Crippen LogP contribution in [0.1, 0.15) is 11.1 Å². The molecule has 2 heterocycles. The van der Waals surface area contributed by atoms with Crippen molar-refractivity contribution in [3.8, 4) is 11.4 Å². The summed E-state index contributed by atoms with van der Waals surface area (Å²) in [6.07, 6.45) is 6.62. The number of benzene rings is 1. The number of tetrazole rings is 1. The van der Waals surface area contributed by atoms with Gasteiger partial charge >= 0.3 is 0 Å². The highest BCUT2D eigenvalue weighted by Crippen LogP contribution is 2.21. The maximum Gasteiger partial charge on any atom is 0.179 e. The number of aromatic nitrogens is 5. The molecule has 5 nitrogen and oxygen atoms in total. The van der Waals surface area contributed by atoms with Gasteiger partial charge in [-0.1, -0.05) is 30.3 Å². The van der Waals surface area contributed by atoms with Gasteiger partial charge in [-0.3, -0.25) is 4.98 Å². The Morgan fingerprint density at radius 3 is 2.84 bits per heavy atom.